The van der Waals surface area contributed by atoms with Gasteiger partial charge in [-0.2, -0.15) is 0 Å². The molecule has 2 atom stereocenters. The van der Waals surface area contributed by atoms with E-state index in [1.165, 1.54) is 0 Å². The molecule has 0 aliphatic rings. The number of benzene rings is 1. The van der Waals surface area contributed by atoms with Gasteiger partial charge in [0.25, 0.3) is 0 Å². The molecule has 0 bridgehead atoms. The number of nitrogens with two attached hydrogens (primary N) is 1. The van der Waals surface area contributed by atoms with Gasteiger partial charge >= 0.3 is 0 Å². The molecule has 1 aromatic carbocycles. The molecule has 0 fully saturated rings. The maximum atomic E-state index is 13.3. The first-order valence-electron chi connectivity index (χ1n) is 4.75. The smallest absolute Gasteiger partial charge is 0.104 e. The summed E-state index contributed by atoms with van der Waals surface area (Å²) >= 11 is 5.99. The molecule has 78 valence electrons. The van der Waals surface area contributed by atoms with Gasteiger partial charge in [-0.05, 0) is 31.5 Å². The summed E-state index contributed by atoms with van der Waals surface area (Å²) < 4.78 is 13.3. The first kappa shape index (κ1) is 11.5. The summed E-state index contributed by atoms with van der Waals surface area (Å²) in [7, 11) is 0. The van der Waals surface area contributed by atoms with E-state index < -0.39 is 6.17 Å². The van der Waals surface area contributed by atoms with E-state index in [1.54, 1.807) is 13.0 Å². The Hall–Kier alpha value is -0.600. The monoisotopic (exact) mass is 215 g/mol. The number of hydrogen-bond donors (Lipinski definition) is 1. The summed E-state index contributed by atoms with van der Waals surface area (Å²) in [6.45, 7) is 2.02. The van der Waals surface area contributed by atoms with Crippen LogP contribution in [0.2, 0.25) is 5.02 Å². The van der Waals surface area contributed by atoms with Crippen LogP contribution in [0.1, 0.15) is 24.8 Å². The molecule has 3 heteroatoms. The highest BCUT2D eigenvalue weighted by molar-refractivity contribution is 6.31. The molecule has 0 radical (unpaired) electrons. The fraction of sp³-hybridized carbons (Fsp3) is 0.455. The van der Waals surface area contributed by atoms with Gasteiger partial charge in [-0.1, -0.05) is 29.8 Å². The Morgan fingerprint density at radius 1 is 1.43 bits per heavy atom. The van der Waals surface area contributed by atoms with E-state index in [-0.39, 0.29) is 5.92 Å². The van der Waals surface area contributed by atoms with Crippen LogP contribution < -0.4 is 5.73 Å². The summed E-state index contributed by atoms with van der Waals surface area (Å²) in [4.78, 5) is 0. The minimum Gasteiger partial charge on any atom is -0.330 e. The molecular weight excluding hydrogens is 201 g/mol. The van der Waals surface area contributed by atoms with Crippen molar-refractivity contribution >= 4 is 11.6 Å². The molecule has 0 aliphatic heterocycles. The molecule has 1 rings (SSSR count). The van der Waals surface area contributed by atoms with Gasteiger partial charge in [0.15, 0.2) is 0 Å². The van der Waals surface area contributed by atoms with Gasteiger partial charge in [0, 0.05) is 10.9 Å². The van der Waals surface area contributed by atoms with Crippen molar-refractivity contribution in [1.82, 2.24) is 0 Å². The van der Waals surface area contributed by atoms with Crippen molar-refractivity contribution in [1.29, 1.82) is 0 Å². The van der Waals surface area contributed by atoms with Gasteiger partial charge in [0.2, 0.25) is 0 Å². The van der Waals surface area contributed by atoms with E-state index in [1.807, 2.05) is 18.2 Å². The average Bonchev–Trinajstić information content (AvgIpc) is 2.15. The second kappa shape index (κ2) is 5.32. The molecular formula is C11H15ClFN. The first-order chi connectivity index (χ1) is 6.66. The highest BCUT2D eigenvalue weighted by atomic mass is 35.5. The topological polar surface area (TPSA) is 26.0 Å². The molecule has 0 saturated carbocycles. The maximum Gasteiger partial charge on any atom is 0.104 e. The van der Waals surface area contributed by atoms with Crippen LogP contribution in [0.25, 0.3) is 0 Å². The van der Waals surface area contributed by atoms with E-state index in [2.05, 4.69) is 0 Å². The second-order valence-corrected chi connectivity index (χ2v) is 3.79. The Balaban J connectivity index is 2.93. The Morgan fingerprint density at radius 3 is 2.57 bits per heavy atom. The quantitative estimate of drug-likeness (QED) is 0.821. The van der Waals surface area contributed by atoms with Gasteiger partial charge in [-0.3, -0.25) is 0 Å². The van der Waals surface area contributed by atoms with Crippen LogP contribution in [0.3, 0.4) is 0 Å². The van der Waals surface area contributed by atoms with E-state index in [0.717, 1.165) is 5.56 Å². The van der Waals surface area contributed by atoms with E-state index in [4.69, 9.17) is 17.3 Å². The zero-order chi connectivity index (χ0) is 10.6. The number of rotatable bonds is 4. The van der Waals surface area contributed by atoms with Crippen molar-refractivity contribution < 1.29 is 4.39 Å². The molecule has 1 nitrogen and oxygen atoms in total. The first-order valence-corrected chi connectivity index (χ1v) is 5.13. The molecule has 0 saturated heterocycles. The highest BCUT2D eigenvalue weighted by Crippen LogP contribution is 2.30. The van der Waals surface area contributed by atoms with Gasteiger partial charge in [0.05, 0.1) is 0 Å². The molecule has 1 aromatic rings. The lowest BCUT2D eigenvalue weighted by atomic mass is 9.92. The number of halogens is 2. The Bertz CT molecular complexity index is 288. The molecule has 0 aromatic heterocycles. The van der Waals surface area contributed by atoms with E-state index >= 15 is 0 Å². The lowest BCUT2D eigenvalue weighted by Crippen LogP contribution is -2.15. The lowest BCUT2D eigenvalue weighted by Gasteiger charge is -2.18. The van der Waals surface area contributed by atoms with Crippen LogP contribution in [0.4, 0.5) is 4.39 Å². The summed E-state index contributed by atoms with van der Waals surface area (Å²) in [5, 5.41) is 0.621. The molecule has 0 amide bonds. The number of alkyl halides is 1. The number of hydrogen-bond acceptors (Lipinski definition) is 1. The minimum absolute atomic E-state index is 0.186. The van der Waals surface area contributed by atoms with Crippen LogP contribution in [0.5, 0.6) is 0 Å². The second-order valence-electron chi connectivity index (χ2n) is 3.38. The van der Waals surface area contributed by atoms with Crippen molar-refractivity contribution in [3.8, 4) is 0 Å². The van der Waals surface area contributed by atoms with Crippen LogP contribution in [0, 0.1) is 0 Å². The zero-order valence-corrected chi connectivity index (χ0v) is 8.97. The van der Waals surface area contributed by atoms with Crippen LogP contribution in [0.15, 0.2) is 24.3 Å². The maximum absolute atomic E-state index is 13.3. The molecule has 14 heavy (non-hydrogen) atoms. The fourth-order valence-electron chi connectivity index (χ4n) is 1.59. The van der Waals surface area contributed by atoms with Gasteiger partial charge in [-0.15, -0.1) is 0 Å². The van der Waals surface area contributed by atoms with Crippen molar-refractivity contribution in [3.05, 3.63) is 34.9 Å². The van der Waals surface area contributed by atoms with Crippen LogP contribution >= 0.6 is 11.6 Å². The standard InChI is InChI=1S/C11H15ClFN/c1-8(13)9(6-7-14)10-4-2-3-5-11(10)12/h2-5,8-9H,6-7,14H2,1H3. The Kier molecular flexibility index (Phi) is 4.36. The summed E-state index contributed by atoms with van der Waals surface area (Å²) in [6, 6.07) is 7.35. The predicted molar refractivity (Wildman–Crippen MR) is 58.4 cm³/mol. The third-order valence-corrected chi connectivity index (χ3v) is 2.68. The third-order valence-electron chi connectivity index (χ3n) is 2.34. The SMILES string of the molecule is CC(F)C(CCN)c1ccccc1Cl. The van der Waals surface area contributed by atoms with Crippen molar-refractivity contribution in [3.63, 3.8) is 0 Å². The highest BCUT2D eigenvalue weighted by Gasteiger charge is 2.19. The van der Waals surface area contributed by atoms with E-state index in [9.17, 15) is 4.39 Å². The van der Waals surface area contributed by atoms with E-state index in [0.29, 0.717) is 18.0 Å². The van der Waals surface area contributed by atoms with Crippen molar-refractivity contribution in [2.75, 3.05) is 6.54 Å². The fourth-order valence-corrected chi connectivity index (χ4v) is 1.86. The van der Waals surface area contributed by atoms with Gasteiger partial charge < -0.3 is 5.73 Å². The molecule has 2 unspecified atom stereocenters. The molecule has 0 spiro atoms. The lowest BCUT2D eigenvalue weighted by molar-refractivity contribution is 0.297. The minimum atomic E-state index is -0.918. The van der Waals surface area contributed by atoms with Crippen LogP contribution in [-0.4, -0.2) is 12.7 Å². The van der Waals surface area contributed by atoms with Gasteiger partial charge in [-0.25, -0.2) is 4.39 Å². The predicted octanol–water partition coefficient (Wildman–Crippen LogP) is 3.13. The molecule has 2 N–H and O–H groups in total. The normalized spacial score (nSPS) is 15.1. The zero-order valence-electron chi connectivity index (χ0n) is 8.21. The van der Waals surface area contributed by atoms with Gasteiger partial charge in [0.1, 0.15) is 6.17 Å². The molecule has 0 aliphatic carbocycles. The third kappa shape index (κ3) is 2.69. The average molecular weight is 216 g/mol. The molecule has 0 heterocycles. The largest absolute Gasteiger partial charge is 0.330 e. The summed E-state index contributed by atoms with van der Waals surface area (Å²) in [5.74, 6) is -0.186. The Labute approximate surface area is 89.1 Å². The van der Waals surface area contributed by atoms with Crippen molar-refractivity contribution in [2.24, 2.45) is 5.73 Å². The summed E-state index contributed by atoms with van der Waals surface area (Å²) in [6.07, 6.45) is -0.292. The Morgan fingerprint density at radius 2 is 2.07 bits per heavy atom. The van der Waals surface area contributed by atoms with Crippen LogP contribution in [-0.2, 0) is 0 Å². The van der Waals surface area contributed by atoms with Crippen molar-refractivity contribution in [2.45, 2.75) is 25.4 Å². The summed E-state index contributed by atoms with van der Waals surface area (Å²) in [5.41, 5.74) is 6.30.